The Hall–Kier alpha value is -3.20. The number of carbonyl (C=O) groups is 1. The van der Waals surface area contributed by atoms with Crippen LogP contribution < -0.4 is 0 Å². The summed E-state index contributed by atoms with van der Waals surface area (Å²) in [5, 5.41) is 0. The molecule has 0 saturated carbocycles. The molecule has 3 aromatic heterocycles. The number of amides is 1. The molecule has 0 saturated heterocycles. The van der Waals surface area contributed by atoms with Gasteiger partial charge in [0.05, 0.1) is 25.0 Å². The van der Waals surface area contributed by atoms with Crippen LogP contribution in [0.2, 0.25) is 0 Å². The second-order valence-electron chi connectivity index (χ2n) is 8.12. The average Bonchev–Trinajstić information content (AvgIpc) is 3.16. The summed E-state index contributed by atoms with van der Waals surface area (Å²) < 4.78 is 33.0. The topological polar surface area (TPSA) is 94.4 Å². The number of pyridine rings is 2. The summed E-state index contributed by atoms with van der Waals surface area (Å²) in [6.07, 6.45) is 5.46. The van der Waals surface area contributed by atoms with Crippen molar-refractivity contribution in [3.63, 3.8) is 0 Å². The first-order valence-corrected chi connectivity index (χ1v) is 11.1. The fourth-order valence-electron chi connectivity index (χ4n) is 3.19. The van der Waals surface area contributed by atoms with Crippen molar-refractivity contribution in [2.45, 2.75) is 44.7 Å². The minimum absolute atomic E-state index is 0.0626. The van der Waals surface area contributed by atoms with Gasteiger partial charge in [-0.15, -0.1) is 0 Å². The van der Waals surface area contributed by atoms with Gasteiger partial charge in [-0.25, -0.2) is 17.2 Å². The SMILES string of the molecule is COC(=O)N(Cc1cc(-c2ncccc2C)n(S(=O)(=O)c2cccnc2)c1)C(C)(C)C. The maximum atomic E-state index is 13.4. The summed E-state index contributed by atoms with van der Waals surface area (Å²) >= 11 is 0. The quantitative estimate of drug-likeness (QED) is 0.596. The molecule has 0 atom stereocenters. The van der Waals surface area contributed by atoms with E-state index in [2.05, 4.69) is 9.97 Å². The summed E-state index contributed by atoms with van der Waals surface area (Å²) in [5.41, 5.74) is 1.89. The maximum Gasteiger partial charge on any atom is 0.410 e. The lowest BCUT2D eigenvalue weighted by Crippen LogP contribution is -2.44. The molecule has 0 spiro atoms. The second kappa shape index (κ2) is 8.50. The number of rotatable bonds is 5. The van der Waals surface area contributed by atoms with E-state index in [9.17, 15) is 13.2 Å². The molecular weight excluding hydrogens is 416 g/mol. The Balaban J connectivity index is 2.18. The van der Waals surface area contributed by atoms with Crippen LogP contribution in [0, 0.1) is 6.92 Å². The van der Waals surface area contributed by atoms with Gasteiger partial charge in [-0.2, -0.15) is 0 Å². The lowest BCUT2D eigenvalue weighted by Gasteiger charge is -2.34. The number of methoxy groups -OCH3 is 1. The van der Waals surface area contributed by atoms with E-state index in [4.69, 9.17) is 4.74 Å². The Bertz CT molecular complexity index is 1180. The van der Waals surface area contributed by atoms with Gasteiger partial charge in [-0.3, -0.25) is 14.9 Å². The molecule has 0 bridgehead atoms. The summed E-state index contributed by atoms with van der Waals surface area (Å²) in [6.45, 7) is 7.70. The average molecular weight is 443 g/mol. The van der Waals surface area contributed by atoms with Crippen molar-refractivity contribution >= 4 is 16.1 Å². The zero-order chi connectivity index (χ0) is 22.8. The van der Waals surface area contributed by atoms with Gasteiger partial charge in [0.2, 0.25) is 0 Å². The predicted octanol–water partition coefficient (Wildman–Crippen LogP) is 3.86. The zero-order valence-electron chi connectivity index (χ0n) is 18.2. The highest BCUT2D eigenvalue weighted by Crippen LogP contribution is 2.29. The van der Waals surface area contributed by atoms with Gasteiger partial charge in [0.1, 0.15) is 4.90 Å². The molecule has 0 aliphatic carbocycles. The molecule has 0 fully saturated rings. The Labute approximate surface area is 182 Å². The van der Waals surface area contributed by atoms with Crippen molar-refractivity contribution in [3.8, 4) is 11.4 Å². The molecule has 3 aromatic rings. The van der Waals surface area contributed by atoms with Crippen LogP contribution in [0.3, 0.4) is 0 Å². The number of aryl methyl sites for hydroxylation is 1. The standard InChI is InChI=1S/C22H26N4O4S/c1-16-8-6-11-24-20(16)19-12-17(14-25(21(27)30-5)22(2,3)4)15-26(19)31(28,29)18-9-7-10-23-13-18/h6-13,15H,14H2,1-5H3. The molecule has 0 N–H and O–H groups in total. The van der Waals surface area contributed by atoms with Crippen molar-refractivity contribution in [1.82, 2.24) is 18.8 Å². The molecule has 1 amide bonds. The number of aromatic nitrogens is 3. The Morgan fingerprint density at radius 1 is 1.19 bits per heavy atom. The molecule has 3 heterocycles. The number of hydrogen-bond donors (Lipinski definition) is 0. The normalized spacial score (nSPS) is 11.9. The predicted molar refractivity (Wildman–Crippen MR) is 117 cm³/mol. The number of carbonyl (C=O) groups excluding carboxylic acids is 1. The van der Waals surface area contributed by atoms with Crippen LogP contribution in [-0.4, -0.2) is 46.0 Å². The van der Waals surface area contributed by atoms with Gasteiger partial charge in [0.15, 0.2) is 0 Å². The molecular formula is C22H26N4O4S. The van der Waals surface area contributed by atoms with Crippen LogP contribution in [0.25, 0.3) is 11.4 Å². The van der Waals surface area contributed by atoms with E-state index in [1.807, 2.05) is 33.8 Å². The van der Waals surface area contributed by atoms with Crippen LogP contribution in [0.1, 0.15) is 31.9 Å². The lowest BCUT2D eigenvalue weighted by molar-refractivity contribution is 0.0793. The lowest BCUT2D eigenvalue weighted by atomic mass is 10.1. The zero-order valence-corrected chi connectivity index (χ0v) is 19.0. The van der Waals surface area contributed by atoms with E-state index in [0.717, 1.165) is 5.56 Å². The molecule has 0 unspecified atom stereocenters. The Kier molecular flexibility index (Phi) is 6.17. The third kappa shape index (κ3) is 4.61. The maximum absolute atomic E-state index is 13.4. The van der Waals surface area contributed by atoms with Crippen molar-refractivity contribution in [1.29, 1.82) is 0 Å². The van der Waals surface area contributed by atoms with Crippen LogP contribution in [0.15, 0.2) is 60.0 Å². The second-order valence-corrected chi connectivity index (χ2v) is 9.93. The smallest absolute Gasteiger partial charge is 0.410 e. The van der Waals surface area contributed by atoms with Crippen molar-refractivity contribution in [2.24, 2.45) is 0 Å². The van der Waals surface area contributed by atoms with E-state index >= 15 is 0 Å². The minimum Gasteiger partial charge on any atom is -0.453 e. The highest BCUT2D eigenvalue weighted by molar-refractivity contribution is 7.90. The molecule has 9 heteroatoms. The molecule has 8 nitrogen and oxygen atoms in total. The highest BCUT2D eigenvalue weighted by Gasteiger charge is 2.29. The van der Waals surface area contributed by atoms with Gasteiger partial charge >= 0.3 is 6.09 Å². The number of nitrogens with zero attached hydrogens (tertiary/aromatic N) is 4. The van der Waals surface area contributed by atoms with E-state index in [1.165, 1.54) is 35.7 Å². The van der Waals surface area contributed by atoms with Gasteiger partial charge in [0.25, 0.3) is 10.0 Å². The minimum atomic E-state index is -3.93. The first-order valence-electron chi connectivity index (χ1n) is 9.70. The molecule has 0 radical (unpaired) electrons. The van der Waals surface area contributed by atoms with Gasteiger partial charge in [-0.1, -0.05) is 6.07 Å². The highest BCUT2D eigenvalue weighted by atomic mass is 32.2. The van der Waals surface area contributed by atoms with Gasteiger partial charge < -0.3 is 4.74 Å². The molecule has 31 heavy (non-hydrogen) atoms. The molecule has 164 valence electrons. The van der Waals surface area contributed by atoms with Crippen LogP contribution in [-0.2, 0) is 21.3 Å². The van der Waals surface area contributed by atoms with Crippen LogP contribution >= 0.6 is 0 Å². The first kappa shape index (κ1) is 22.5. The Morgan fingerprint density at radius 2 is 1.90 bits per heavy atom. The molecule has 3 rings (SSSR count). The summed E-state index contributed by atoms with van der Waals surface area (Å²) in [4.78, 5) is 22.3. The van der Waals surface area contributed by atoms with E-state index in [0.29, 0.717) is 17.0 Å². The van der Waals surface area contributed by atoms with Crippen molar-refractivity contribution in [3.05, 3.63) is 66.2 Å². The molecule has 0 aromatic carbocycles. The molecule has 0 aliphatic heterocycles. The Morgan fingerprint density at radius 3 is 2.48 bits per heavy atom. The van der Waals surface area contributed by atoms with Crippen LogP contribution in [0.5, 0.6) is 0 Å². The summed E-state index contributed by atoms with van der Waals surface area (Å²) in [6, 6.07) is 8.46. The fourth-order valence-corrected chi connectivity index (χ4v) is 4.53. The summed E-state index contributed by atoms with van der Waals surface area (Å²) in [7, 11) is -2.61. The van der Waals surface area contributed by atoms with Crippen molar-refractivity contribution < 1.29 is 17.9 Å². The van der Waals surface area contributed by atoms with Gasteiger partial charge in [0, 0.05) is 30.3 Å². The summed E-state index contributed by atoms with van der Waals surface area (Å²) in [5.74, 6) is 0. The van der Waals surface area contributed by atoms with Gasteiger partial charge in [-0.05, 0) is 63.1 Å². The number of hydrogen-bond acceptors (Lipinski definition) is 6. The van der Waals surface area contributed by atoms with E-state index < -0.39 is 21.7 Å². The first-order chi connectivity index (χ1) is 14.6. The number of ether oxygens (including phenoxy) is 1. The fraction of sp³-hybridized carbons (Fsp3) is 0.318. The largest absolute Gasteiger partial charge is 0.453 e. The molecule has 0 aliphatic rings. The van der Waals surface area contributed by atoms with E-state index in [1.54, 1.807) is 29.3 Å². The van der Waals surface area contributed by atoms with Crippen LogP contribution in [0.4, 0.5) is 4.79 Å². The monoisotopic (exact) mass is 442 g/mol. The third-order valence-corrected chi connectivity index (χ3v) is 6.49. The third-order valence-electron chi connectivity index (χ3n) is 4.83. The van der Waals surface area contributed by atoms with Crippen molar-refractivity contribution in [2.75, 3.05) is 7.11 Å². The van der Waals surface area contributed by atoms with E-state index in [-0.39, 0.29) is 11.4 Å².